The van der Waals surface area contributed by atoms with Crippen molar-refractivity contribution in [3.63, 3.8) is 0 Å². The Morgan fingerprint density at radius 3 is 1.85 bits per heavy atom. The first-order valence-electron chi connectivity index (χ1n) is 6.28. The van der Waals surface area contributed by atoms with Crippen molar-refractivity contribution in [1.82, 2.24) is 0 Å². The number of carbonyl (C=O) groups excluding carboxylic acids is 2. The molecule has 0 spiro atoms. The van der Waals surface area contributed by atoms with Crippen LogP contribution in [0.5, 0.6) is 5.75 Å². The fraction of sp³-hybridized carbons (Fsp3) is 0.385. The Kier molecular flexibility index (Phi) is 3.09. The molecule has 0 unspecified atom stereocenters. The van der Waals surface area contributed by atoms with Crippen molar-refractivity contribution in [1.29, 1.82) is 0 Å². The summed E-state index contributed by atoms with van der Waals surface area (Å²) in [6, 6.07) is 5.29. The topological polar surface area (TPSA) is 68.3 Å². The van der Waals surface area contributed by atoms with Gasteiger partial charge in [0.2, 0.25) is 0 Å². The largest absolute Gasteiger partial charge is 0.492 e. The highest BCUT2D eigenvalue weighted by Gasteiger charge is 2.31. The molecule has 20 heavy (non-hydrogen) atoms. The van der Waals surface area contributed by atoms with Crippen molar-refractivity contribution in [2.75, 3.05) is 43.2 Å². The fourth-order valence-corrected chi connectivity index (χ4v) is 2.37. The third-order valence-electron chi connectivity index (χ3n) is 3.28. The van der Waals surface area contributed by atoms with Gasteiger partial charge >= 0.3 is 12.2 Å². The van der Waals surface area contributed by atoms with Gasteiger partial charge in [0, 0.05) is 0 Å². The lowest BCUT2D eigenvalue weighted by Crippen LogP contribution is -2.27. The molecule has 2 amide bonds. The van der Waals surface area contributed by atoms with E-state index in [0.717, 1.165) is 0 Å². The third-order valence-corrected chi connectivity index (χ3v) is 3.28. The predicted molar refractivity (Wildman–Crippen MR) is 70.4 cm³/mol. The van der Waals surface area contributed by atoms with Crippen LogP contribution in [0.4, 0.5) is 21.0 Å². The molecule has 2 aliphatic rings. The quantitative estimate of drug-likeness (QED) is 0.840. The van der Waals surface area contributed by atoms with Crippen molar-refractivity contribution in [3.05, 3.63) is 18.2 Å². The minimum atomic E-state index is -0.413. The molecule has 0 saturated carbocycles. The zero-order chi connectivity index (χ0) is 14.1. The summed E-state index contributed by atoms with van der Waals surface area (Å²) in [5.41, 5.74) is 1.18. The third kappa shape index (κ3) is 1.91. The summed E-state index contributed by atoms with van der Waals surface area (Å²) in [7, 11) is 1.51. The van der Waals surface area contributed by atoms with E-state index < -0.39 is 12.2 Å². The summed E-state index contributed by atoms with van der Waals surface area (Å²) in [4.78, 5) is 26.3. The molecule has 2 heterocycles. The number of benzene rings is 1. The van der Waals surface area contributed by atoms with E-state index in [0.29, 0.717) is 43.4 Å². The maximum atomic E-state index is 11.7. The molecule has 0 N–H and O–H groups in total. The molecule has 1 aromatic rings. The normalized spacial score (nSPS) is 18.2. The first-order valence-corrected chi connectivity index (χ1v) is 6.28. The molecule has 2 saturated heterocycles. The first kappa shape index (κ1) is 12.6. The standard InChI is InChI=1S/C13H14N2O5/c1-18-11-9(14-5-7-19-12(14)16)3-2-4-10(11)15-6-8-20-13(15)17/h2-4H,5-8H2,1H3. The Bertz CT molecular complexity index is 515. The molecule has 0 bridgehead atoms. The van der Waals surface area contributed by atoms with Crippen LogP contribution in [0.15, 0.2) is 18.2 Å². The number of nitrogens with zero attached hydrogens (tertiary/aromatic N) is 2. The summed E-state index contributed by atoms with van der Waals surface area (Å²) < 4.78 is 15.3. The van der Waals surface area contributed by atoms with Gasteiger partial charge in [0.1, 0.15) is 13.2 Å². The summed E-state index contributed by atoms with van der Waals surface area (Å²) in [5.74, 6) is 0.463. The van der Waals surface area contributed by atoms with E-state index in [9.17, 15) is 9.59 Å². The number of hydrogen-bond donors (Lipinski definition) is 0. The van der Waals surface area contributed by atoms with Gasteiger partial charge in [0.15, 0.2) is 5.75 Å². The van der Waals surface area contributed by atoms with E-state index in [-0.39, 0.29) is 0 Å². The summed E-state index contributed by atoms with van der Waals surface area (Å²) >= 11 is 0. The van der Waals surface area contributed by atoms with E-state index >= 15 is 0 Å². The number of anilines is 2. The molecule has 106 valence electrons. The van der Waals surface area contributed by atoms with Crippen LogP contribution in [0.3, 0.4) is 0 Å². The van der Waals surface area contributed by atoms with Crippen molar-refractivity contribution in [2.45, 2.75) is 0 Å². The van der Waals surface area contributed by atoms with Gasteiger partial charge in [-0.2, -0.15) is 0 Å². The number of cyclic esters (lactones) is 2. The van der Waals surface area contributed by atoms with Gasteiger partial charge in [0.05, 0.1) is 31.6 Å². The van der Waals surface area contributed by atoms with Crippen LogP contribution in [-0.2, 0) is 9.47 Å². The minimum Gasteiger partial charge on any atom is -0.492 e. The SMILES string of the molecule is COc1c(N2CCOC2=O)cccc1N1CCOC1=O. The predicted octanol–water partition coefficient (Wildman–Crippen LogP) is 1.61. The smallest absolute Gasteiger partial charge is 0.414 e. The van der Waals surface area contributed by atoms with Gasteiger partial charge < -0.3 is 14.2 Å². The Hall–Kier alpha value is -2.44. The first-order chi connectivity index (χ1) is 9.72. The zero-order valence-electron chi connectivity index (χ0n) is 11.0. The lowest BCUT2D eigenvalue weighted by molar-refractivity contribution is 0.180. The molecule has 7 nitrogen and oxygen atoms in total. The second kappa shape index (κ2) is 4.92. The lowest BCUT2D eigenvalue weighted by Gasteiger charge is -2.22. The Labute approximate surface area is 115 Å². The molecule has 7 heteroatoms. The average Bonchev–Trinajstić information content (AvgIpc) is 3.06. The van der Waals surface area contributed by atoms with Gasteiger partial charge in [-0.05, 0) is 12.1 Å². The van der Waals surface area contributed by atoms with E-state index in [1.807, 2.05) is 0 Å². The van der Waals surface area contributed by atoms with Gasteiger partial charge in [-0.3, -0.25) is 9.80 Å². The van der Waals surface area contributed by atoms with Crippen LogP contribution < -0.4 is 14.5 Å². The molecular formula is C13H14N2O5. The monoisotopic (exact) mass is 278 g/mol. The summed E-state index contributed by atoms with van der Waals surface area (Å²) in [6.07, 6.45) is -0.825. The highest BCUT2D eigenvalue weighted by atomic mass is 16.6. The van der Waals surface area contributed by atoms with E-state index in [2.05, 4.69) is 0 Å². The van der Waals surface area contributed by atoms with Gasteiger partial charge in [-0.25, -0.2) is 9.59 Å². The molecule has 0 radical (unpaired) electrons. The summed E-state index contributed by atoms with van der Waals surface area (Å²) in [5, 5.41) is 0. The zero-order valence-corrected chi connectivity index (χ0v) is 11.0. The average molecular weight is 278 g/mol. The van der Waals surface area contributed by atoms with E-state index in [1.54, 1.807) is 18.2 Å². The van der Waals surface area contributed by atoms with Crippen LogP contribution in [-0.4, -0.2) is 45.6 Å². The second-order valence-electron chi connectivity index (χ2n) is 4.36. The van der Waals surface area contributed by atoms with E-state index in [4.69, 9.17) is 14.2 Å². The van der Waals surface area contributed by atoms with Crippen LogP contribution >= 0.6 is 0 Å². The fourth-order valence-electron chi connectivity index (χ4n) is 2.37. The number of rotatable bonds is 3. The maximum Gasteiger partial charge on any atom is 0.414 e. The van der Waals surface area contributed by atoms with Crippen LogP contribution in [0.25, 0.3) is 0 Å². The molecule has 0 aliphatic carbocycles. The van der Waals surface area contributed by atoms with Crippen molar-refractivity contribution in [3.8, 4) is 5.75 Å². The number of carbonyl (C=O) groups is 2. The number of para-hydroxylation sites is 1. The number of methoxy groups -OCH3 is 1. The van der Waals surface area contributed by atoms with Crippen molar-refractivity contribution < 1.29 is 23.8 Å². The second-order valence-corrected chi connectivity index (χ2v) is 4.36. The summed E-state index contributed by atoms with van der Waals surface area (Å²) in [6.45, 7) is 1.61. The van der Waals surface area contributed by atoms with Gasteiger partial charge in [-0.1, -0.05) is 6.07 Å². The van der Waals surface area contributed by atoms with Crippen LogP contribution in [0.2, 0.25) is 0 Å². The van der Waals surface area contributed by atoms with Gasteiger partial charge in [-0.15, -0.1) is 0 Å². The van der Waals surface area contributed by atoms with Crippen molar-refractivity contribution >= 4 is 23.6 Å². The molecule has 3 rings (SSSR count). The molecule has 0 atom stereocenters. The van der Waals surface area contributed by atoms with E-state index in [1.165, 1.54) is 16.9 Å². The van der Waals surface area contributed by atoms with Crippen LogP contribution in [0.1, 0.15) is 0 Å². The lowest BCUT2D eigenvalue weighted by atomic mass is 10.2. The molecule has 2 aliphatic heterocycles. The Morgan fingerprint density at radius 1 is 1.00 bits per heavy atom. The number of ether oxygens (including phenoxy) is 3. The number of amides is 2. The highest BCUT2D eigenvalue weighted by Crippen LogP contribution is 2.39. The minimum absolute atomic E-state index is 0.345. The maximum absolute atomic E-state index is 11.7. The Balaban J connectivity index is 2.03. The highest BCUT2D eigenvalue weighted by molar-refractivity contribution is 5.97. The molecule has 2 fully saturated rings. The number of hydrogen-bond acceptors (Lipinski definition) is 5. The Morgan fingerprint density at radius 2 is 1.50 bits per heavy atom. The van der Waals surface area contributed by atoms with Crippen molar-refractivity contribution in [2.24, 2.45) is 0 Å². The molecule has 1 aromatic carbocycles. The van der Waals surface area contributed by atoms with Gasteiger partial charge in [0.25, 0.3) is 0 Å². The molecule has 0 aromatic heterocycles. The molecular weight excluding hydrogens is 264 g/mol. The van der Waals surface area contributed by atoms with Crippen LogP contribution in [0, 0.1) is 0 Å².